The van der Waals surface area contributed by atoms with Gasteiger partial charge in [-0.1, -0.05) is 11.3 Å². The maximum Gasteiger partial charge on any atom is 0.264 e. The minimum atomic E-state index is -3.20. The van der Waals surface area contributed by atoms with Gasteiger partial charge >= 0.3 is 0 Å². The Morgan fingerprint density at radius 2 is 2.11 bits per heavy atom. The van der Waals surface area contributed by atoms with Crippen molar-refractivity contribution in [1.29, 1.82) is 0 Å². The van der Waals surface area contributed by atoms with Crippen molar-refractivity contribution in [2.75, 3.05) is 43.9 Å². The molecule has 27 heavy (non-hydrogen) atoms. The molecular weight excluding hydrogens is 404 g/mol. The van der Waals surface area contributed by atoms with Gasteiger partial charge in [0.05, 0.1) is 15.8 Å². The summed E-state index contributed by atoms with van der Waals surface area (Å²) in [5, 5.41) is 1.00. The molecule has 0 aromatic carbocycles. The number of likely N-dealkylation sites (tertiary alicyclic amines) is 1. The fourth-order valence-electron chi connectivity index (χ4n) is 3.30. The quantitative estimate of drug-likeness (QED) is 0.730. The van der Waals surface area contributed by atoms with Gasteiger partial charge in [-0.05, 0) is 38.7 Å². The number of nitrogens with zero attached hydrogens (tertiary/aromatic N) is 3. The number of thiophene rings is 1. The van der Waals surface area contributed by atoms with E-state index in [9.17, 15) is 13.2 Å². The largest absolute Gasteiger partial charge is 0.349 e. The van der Waals surface area contributed by atoms with E-state index in [0.29, 0.717) is 18.0 Å². The highest BCUT2D eigenvalue weighted by atomic mass is 32.2. The van der Waals surface area contributed by atoms with Gasteiger partial charge in [-0.3, -0.25) is 4.79 Å². The van der Waals surface area contributed by atoms with Crippen molar-refractivity contribution in [1.82, 2.24) is 14.6 Å². The number of fused-ring (bicyclic) bond motifs is 1. The lowest BCUT2D eigenvalue weighted by molar-refractivity contribution is 0.0681. The molecule has 0 aliphatic carbocycles. The fourth-order valence-corrected chi connectivity index (χ4v) is 6.14. The molecule has 1 N–H and O–H groups in total. The summed E-state index contributed by atoms with van der Waals surface area (Å²) >= 11 is 3.08. The van der Waals surface area contributed by atoms with Gasteiger partial charge in [0.25, 0.3) is 5.91 Å². The molecule has 1 atom stereocenters. The van der Waals surface area contributed by atoms with Crippen molar-refractivity contribution in [3.05, 3.63) is 10.9 Å². The average molecular weight is 431 g/mol. The summed E-state index contributed by atoms with van der Waals surface area (Å²) < 4.78 is 26.2. The van der Waals surface area contributed by atoms with Crippen LogP contribution in [-0.2, 0) is 10.0 Å². The van der Waals surface area contributed by atoms with Crippen molar-refractivity contribution >= 4 is 53.3 Å². The Hall–Kier alpha value is -1.23. The maximum absolute atomic E-state index is 12.9. The Bertz CT molecular complexity index is 870. The Morgan fingerprint density at radius 1 is 1.37 bits per heavy atom. The molecule has 2 aromatic rings. The third kappa shape index (κ3) is 4.98. The first-order valence-electron chi connectivity index (χ1n) is 9.20. The molecule has 150 valence electrons. The smallest absolute Gasteiger partial charge is 0.264 e. The van der Waals surface area contributed by atoms with Crippen LogP contribution in [0.25, 0.3) is 9.53 Å². The van der Waals surface area contributed by atoms with E-state index in [1.807, 2.05) is 11.0 Å². The van der Waals surface area contributed by atoms with Crippen LogP contribution in [0.2, 0.25) is 0 Å². The van der Waals surface area contributed by atoms with E-state index in [4.69, 9.17) is 0 Å². The second-order valence-electron chi connectivity index (χ2n) is 6.83. The van der Waals surface area contributed by atoms with Crippen molar-refractivity contribution in [2.24, 2.45) is 5.92 Å². The monoisotopic (exact) mass is 430 g/mol. The highest BCUT2D eigenvalue weighted by Crippen LogP contribution is 2.35. The molecule has 10 heteroatoms. The molecule has 0 spiro atoms. The molecule has 1 saturated heterocycles. The number of thiazole rings is 1. The topological polar surface area (TPSA) is 82.6 Å². The summed E-state index contributed by atoms with van der Waals surface area (Å²) in [5.41, 5.74) is 0. The van der Waals surface area contributed by atoms with Crippen LogP contribution in [0.3, 0.4) is 0 Å². The van der Waals surface area contributed by atoms with Crippen LogP contribution in [0, 0.1) is 5.92 Å². The molecule has 1 aliphatic heterocycles. The number of carbonyl (C=O) groups excluding carboxylic acids is 1. The van der Waals surface area contributed by atoms with Crippen LogP contribution in [0.4, 0.5) is 5.13 Å². The average Bonchev–Trinajstić information content (AvgIpc) is 3.19. The number of rotatable bonds is 7. The third-order valence-corrected chi connectivity index (χ3v) is 7.66. The Kier molecular flexibility index (Phi) is 6.39. The molecule has 1 fully saturated rings. The van der Waals surface area contributed by atoms with Crippen molar-refractivity contribution < 1.29 is 13.2 Å². The lowest BCUT2D eigenvalue weighted by Gasteiger charge is -2.32. The van der Waals surface area contributed by atoms with Gasteiger partial charge in [0.1, 0.15) is 4.83 Å². The van der Waals surface area contributed by atoms with Crippen molar-refractivity contribution in [3.8, 4) is 0 Å². The first-order chi connectivity index (χ1) is 12.8. The van der Waals surface area contributed by atoms with Crippen LogP contribution in [0.5, 0.6) is 0 Å². The number of hydrogen-bond donors (Lipinski definition) is 1. The predicted octanol–water partition coefficient (Wildman–Crippen LogP) is 2.61. The van der Waals surface area contributed by atoms with Crippen molar-refractivity contribution in [3.63, 3.8) is 0 Å². The summed E-state index contributed by atoms with van der Waals surface area (Å²) in [6.45, 7) is 7.75. The van der Waals surface area contributed by atoms with Gasteiger partial charge in [0, 0.05) is 32.7 Å². The lowest BCUT2D eigenvalue weighted by Crippen LogP contribution is -2.43. The van der Waals surface area contributed by atoms with Gasteiger partial charge in [-0.25, -0.2) is 18.1 Å². The second kappa shape index (κ2) is 8.42. The van der Waals surface area contributed by atoms with E-state index in [1.165, 1.54) is 11.3 Å². The molecule has 2 aromatic heterocycles. The highest BCUT2D eigenvalue weighted by molar-refractivity contribution is 7.88. The Balaban J connectivity index is 1.68. The first kappa shape index (κ1) is 20.5. The van der Waals surface area contributed by atoms with Crippen LogP contribution < -0.4 is 9.62 Å². The van der Waals surface area contributed by atoms with E-state index in [0.717, 1.165) is 53.4 Å². The van der Waals surface area contributed by atoms with Crippen LogP contribution in [-0.4, -0.2) is 63.2 Å². The molecular formula is C17H26N4O3S3. The molecule has 1 amide bonds. The molecule has 0 bridgehead atoms. The molecule has 1 aliphatic rings. The lowest BCUT2D eigenvalue weighted by atomic mass is 9.98. The van der Waals surface area contributed by atoms with E-state index >= 15 is 0 Å². The summed E-state index contributed by atoms with van der Waals surface area (Å²) in [4.78, 5) is 23.3. The molecule has 0 radical (unpaired) electrons. The minimum absolute atomic E-state index is 0.0265. The van der Waals surface area contributed by atoms with Gasteiger partial charge in [0.2, 0.25) is 10.0 Å². The van der Waals surface area contributed by atoms with E-state index in [-0.39, 0.29) is 11.8 Å². The van der Waals surface area contributed by atoms with Crippen LogP contribution in [0.15, 0.2) is 6.07 Å². The molecule has 0 saturated carbocycles. The summed E-state index contributed by atoms with van der Waals surface area (Å²) in [6, 6.07) is 1.95. The molecule has 3 rings (SSSR count). The minimum Gasteiger partial charge on any atom is -0.349 e. The van der Waals surface area contributed by atoms with Gasteiger partial charge in [-0.2, -0.15) is 0 Å². The van der Waals surface area contributed by atoms with Crippen molar-refractivity contribution in [2.45, 2.75) is 26.7 Å². The fraction of sp³-hybridized carbons (Fsp3) is 0.647. The number of anilines is 1. The summed E-state index contributed by atoms with van der Waals surface area (Å²) in [6.07, 6.45) is 2.99. The van der Waals surface area contributed by atoms with Gasteiger partial charge in [0.15, 0.2) is 5.13 Å². The number of hydrogen-bond acceptors (Lipinski definition) is 7. The standard InChI is InChI=1S/C17H26N4O3S3/c1-4-20(5-2)17-19-15-13(26-17)9-14(25-15)16(22)21-8-6-7-12(11-21)10-18-27(3,23)24/h9,12,18H,4-8,10-11H2,1-3H3. The predicted molar refractivity (Wildman–Crippen MR) is 113 cm³/mol. The first-order valence-corrected chi connectivity index (χ1v) is 12.7. The Morgan fingerprint density at radius 3 is 2.74 bits per heavy atom. The van der Waals surface area contributed by atoms with Crippen LogP contribution in [0.1, 0.15) is 36.4 Å². The van der Waals surface area contributed by atoms with Gasteiger partial charge < -0.3 is 9.80 Å². The number of sulfonamides is 1. The molecule has 7 nitrogen and oxygen atoms in total. The Labute approximate surface area is 168 Å². The van der Waals surface area contributed by atoms with Crippen LogP contribution >= 0.6 is 22.7 Å². The van der Waals surface area contributed by atoms with Gasteiger partial charge in [-0.15, -0.1) is 11.3 Å². The second-order valence-corrected chi connectivity index (χ2v) is 10.7. The normalized spacial score (nSPS) is 18.2. The van der Waals surface area contributed by atoms with E-state index in [1.54, 1.807) is 11.3 Å². The number of aromatic nitrogens is 1. The highest BCUT2D eigenvalue weighted by Gasteiger charge is 2.26. The number of nitrogens with one attached hydrogen (secondary N) is 1. The van der Waals surface area contributed by atoms with E-state index < -0.39 is 10.0 Å². The molecule has 3 heterocycles. The zero-order valence-electron chi connectivity index (χ0n) is 15.9. The summed E-state index contributed by atoms with van der Waals surface area (Å²) in [7, 11) is -3.20. The zero-order chi connectivity index (χ0) is 19.6. The number of piperidine rings is 1. The summed E-state index contributed by atoms with van der Waals surface area (Å²) in [5.74, 6) is 0.185. The van der Waals surface area contributed by atoms with E-state index in [2.05, 4.69) is 28.5 Å². The number of carbonyl (C=O) groups is 1. The number of amides is 1. The zero-order valence-corrected chi connectivity index (χ0v) is 18.3. The maximum atomic E-state index is 12.9. The third-order valence-electron chi connectivity index (χ3n) is 4.76. The molecule has 1 unspecified atom stereocenters. The SMILES string of the molecule is CCN(CC)c1nc2sc(C(=O)N3CCCC(CNS(C)(=O)=O)C3)cc2s1.